The predicted molar refractivity (Wildman–Crippen MR) is 114 cm³/mol. The molecule has 0 spiro atoms. The van der Waals surface area contributed by atoms with Gasteiger partial charge in [-0.15, -0.1) is 0 Å². The Morgan fingerprint density at radius 3 is 2.77 bits per heavy atom. The molecule has 3 fully saturated rings. The molecule has 3 saturated heterocycles. The molecule has 3 aliphatic heterocycles. The van der Waals surface area contributed by atoms with Gasteiger partial charge >= 0.3 is 0 Å². The molecule has 4 rings (SSSR count). The van der Waals surface area contributed by atoms with Crippen molar-refractivity contribution in [2.45, 2.75) is 57.7 Å². The van der Waals surface area contributed by atoms with Gasteiger partial charge in [0, 0.05) is 56.5 Å². The fraction of sp³-hybridized carbons (Fsp3) is 0.652. The summed E-state index contributed by atoms with van der Waals surface area (Å²) < 4.78 is 5.15. The number of nitrogens with zero attached hydrogens (tertiary/aromatic N) is 3. The van der Waals surface area contributed by atoms with Crippen LogP contribution in [0.4, 0.5) is 0 Å². The standard InChI is InChI=1S/C23H32N4O4/c1-14-7-8-16(10-24-14)23(30)26-11-17-9-18(12-26)21(22(29)25-15(2)13-31-3)27-19(17)5-4-6-20(27)28/h7-8,10,15,17-19,21H,4-6,9,11-13H2,1-3H3,(H,25,29)/t15-,17+,18-,19-,21+/m0/s1. The highest BCUT2D eigenvalue weighted by Crippen LogP contribution is 2.42. The fourth-order valence-electron chi connectivity index (χ4n) is 5.56. The Bertz CT molecular complexity index is 842. The summed E-state index contributed by atoms with van der Waals surface area (Å²) in [6.07, 6.45) is 4.70. The first-order valence-corrected chi connectivity index (χ1v) is 11.2. The summed E-state index contributed by atoms with van der Waals surface area (Å²) in [7, 11) is 1.60. The number of aromatic nitrogens is 1. The predicted octanol–water partition coefficient (Wildman–Crippen LogP) is 1.38. The third-order valence-corrected chi connectivity index (χ3v) is 6.86. The summed E-state index contributed by atoms with van der Waals surface area (Å²) in [5, 5.41) is 3.02. The first-order valence-electron chi connectivity index (χ1n) is 11.2. The zero-order valence-corrected chi connectivity index (χ0v) is 18.5. The van der Waals surface area contributed by atoms with Crippen LogP contribution < -0.4 is 5.32 Å². The van der Waals surface area contributed by atoms with E-state index < -0.39 is 6.04 Å². The minimum absolute atomic E-state index is 0.0118. The molecule has 3 aliphatic rings. The van der Waals surface area contributed by atoms with Crippen molar-refractivity contribution in [3.05, 3.63) is 29.6 Å². The van der Waals surface area contributed by atoms with Gasteiger partial charge < -0.3 is 19.9 Å². The lowest BCUT2D eigenvalue weighted by Crippen LogP contribution is -2.69. The number of hydrogen-bond donors (Lipinski definition) is 1. The van der Waals surface area contributed by atoms with Crippen molar-refractivity contribution < 1.29 is 19.1 Å². The summed E-state index contributed by atoms with van der Waals surface area (Å²) in [5.74, 6) is -0.00258. The summed E-state index contributed by atoms with van der Waals surface area (Å²) in [4.78, 5) is 47.4. The van der Waals surface area contributed by atoms with Crippen molar-refractivity contribution in [2.24, 2.45) is 11.8 Å². The molecule has 0 unspecified atom stereocenters. The number of pyridine rings is 1. The van der Waals surface area contributed by atoms with Gasteiger partial charge in [0.05, 0.1) is 12.2 Å². The second-order valence-corrected chi connectivity index (χ2v) is 9.22. The average Bonchev–Trinajstić information content (AvgIpc) is 2.74. The highest BCUT2D eigenvalue weighted by Gasteiger charge is 2.52. The number of nitrogens with one attached hydrogen (secondary N) is 1. The molecule has 4 heterocycles. The Kier molecular flexibility index (Phi) is 6.27. The molecule has 8 nitrogen and oxygen atoms in total. The van der Waals surface area contributed by atoms with Crippen LogP contribution in [-0.4, -0.2) is 77.4 Å². The first-order chi connectivity index (χ1) is 14.9. The molecule has 2 bridgehead atoms. The van der Waals surface area contributed by atoms with Crippen LogP contribution in [0.25, 0.3) is 0 Å². The molecule has 1 N–H and O–H groups in total. The van der Waals surface area contributed by atoms with Crippen molar-refractivity contribution in [3.8, 4) is 0 Å². The van der Waals surface area contributed by atoms with Crippen LogP contribution in [0.3, 0.4) is 0 Å². The van der Waals surface area contributed by atoms with Crippen LogP contribution in [0.5, 0.6) is 0 Å². The molecule has 1 aromatic rings. The van der Waals surface area contributed by atoms with Crippen molar-refractivity contribution in [1.29, 1.82) is 0 Å². The molecule has 5 atom stereocenters. The molecule has 3 amide bonds. The maximum Gasteiger partial charge on any atom is 0.255 e. The van der Waals surface area contributed by atoms with Gasteiger partial charge in [-0.1, -0.05) is 0 Å². The van der Waals surface area contributed by atoms with Gasteiger partial charge in [0.15, 0.2) is 0 Å². The lowest BCUT2D eigenvalue weighted by atomic mass is 9.71. The Hall–Kier alpha value is -2.48. The van der Waals surface area contributed by atoms with Crippen molar-refractivity contribution in [1.82, 2.24) is 20.1 Å². The number of piperidine rings is 3. The number of aryl methyl sites for hydroxylation is 1. The van der Waals surface area contributed by atoms with E-state index in [1.54, 1.807) is 13.3 Å². The van der Waals surface area contributed by atoms with Crippen molar-refractivity contribution in [3.63, 3.8) is 0 Å². The highest BCUT2D eigenvalue weighted by molar-refractivity contribution is 5.94. The summed E-state index contributed by atoms with van der Waals surface area (Å²) in [6, 6.07) is 2.97. The second-order valence-electron chi connectivity index (χ2n) is 9.22. The molecule has 0 aliphatic carbocycles. The average molecular weight is 429 g/mol. The monoisotopic (exact) mass is 428 g/mol. The van der Waals surface area contributed by atoms with Crippen LogP contribution in [0.15, 0.2) is 18.3 Å². The molecule has 0 aromatic carbocycles. The Morgan fingerprint density at radius 1 is 1.29 bits per heavy atom. The van der Waals surface area contributed by atoms with Gasteiger partial charge in [-0.05, 0) is 51.2 Å². The number of amides is 3. The minimum atomic E-state index is -0.542. The van der Waals surface area contributed by atoms with E-state index in [2.05, 4.69) is 10.3 Å². The Balaban J connectivity index is 1.59. The number of hydrogen-bond acceptors (Lipinski definition) is 5. The van der Waals surface area contributed by atoms with E-state index in [-0.39, 0.29) is 41.6 Å². The van der Waals surface area contributed by atoms with Crippen LogP contribution in [0.1, 0.15) is 48.7 Å². The second kappa shape index (κ2) is 8.94. The van der Waals surface area contributed by atoms with Gasteiger partial charge in [-0.2, -0.15) is 0 Å². The molecule has 168 valence electrons. The number of methoxy groups -OCH3 is 1. The minimum Gasteiger partial charge on any atom is -0.383 e. The van der Waals surface area contributed by atoms with Gasteiger partial charge in [-0.25, -0.2) is 0 Å². The van der Waals surface area contributed by atoms with Gasteiger partial charge in [0.25, 0.3) is 5.91 Å². The van der Waals surface area contributed by atoms with E-state index in [1.807, 2.05) is 35.8 Å². The fourth-order valence-corrected chi connectivity index (χ4v) is 5.56. The lowest BCUT2D eigenvalue weighted by Gasteiger charge is -2.55. The zero-order chi connectivity index (χ0) is 22.1. The Labute approximate surface area is 183 Å². The number of carbonyl (C=O) groups is 3. The van der Waals surface area contributed by atoms with E-state index in [0.717, 1.165) is 25.0 Å². The zero-order valence-electron chi connectivity index (χ0n) is 18.5. The van der Waals surface area contributed by atoms with Gasteiger partial charge in [-0.3, -0.25) is 19.4 Å². The smallest absolute Gasteiger partial charge is 0.255 e. The topological polar surface area (TPSA) is 91.8 Å². The van der Waals surface area contributed by atoms with E-state index in [0.29, 0.717) is 31.7 Å². The third-order valence-electron chi connectivity index (χ3n) is 6.86. The number of rotatable bonds is 5. The lowest BCUT2D eigenvalue weighted by molar-refractivity contribution is -0.159. The number of fused-ring (bicyclic) bond motifs is 4. The number of likely N-dealkylation sites (tertiary alicyclic amines) is 1. The molecule has 0 radical (unpaired) electrons. The molecule has 8 heteroatoms. The normalized spacial score (nSPS) is 28.7. The SMILES string of the molecule is COC[C@H](C)NC(=O)[C@H]1[C@H]2C[C@H](CN(C(=O)c3ccc(C)nc3)C2)[C@@H]2CCCC(=O)N21. The van der Waals surface area contributed by atoms with Crippen LogP contribution in [-0.2, 0) is 14.3 Å². The van der Waals surface area contributed by atoms with Crippen molar-refractivity contribution in [2.75, 3.05) is 26.8 Å². The largest absolute Gasteiger partial charge is 0.383 e. The number of carbonyl (C=O) groups excluding carboxylic acids is 3. The molecule has 1 aromatic heterocycles. The van der Waals surface area contributed by atoms with E-state index in [1.165, 1.54) is 0 Å². The third kappa shape index (κ3) is 4.31. The molecular formula is C23H32N4O4. The van der Waals surface area contributed by atoms with Crippen LogP contribution >= 0.6 is 0 Å². The quantitative estimate of drug-likeness (QED) is 0.765. The number of ether oxygens (including phenoxy) is 1. The highest BCUT2D eigenvalue weighted by atomic mass is 16.5. The summed E-state index contributed by atoms with van der Waals surface area (Å²) >= 11 is 0. The van der Waals surface area contributed by atoms with Crippen molar-refractivity contribution >= 4 is 17.7 Å². The molecule has 31 heavy (non-hydrogen) atoms. The molecular weight excluding hydrogens is 396 g/mol. The maximum atomic E-state index is 13.3. The molecule has 0 saturated carbocycles. The van der Waals surface area contributed by atoms with E-state index >= 15 is 0 Å². The van der Waals surface area contributed by atoms with E-state index in [4.69, 9.17) is 4.74 Å². The van der Waals surface area contributed by atoms with Gasteiger partial charge in [0.2, 0.25) is 11.8 Å². The summed E-state index contributed by atoms with van der Waals surface area (Å²) in [6.45, 7) is 5.28. The summed E-state index contributed by atoms with van der Waals surface area (Å²) in [5.41, 5.74) is 1.43. The van der Waals surface area contributed by atoms with Gasteiger partial charge in [0.1, 0.15) is 6.04 Å². The maximum absolute atomic E-state index is 13.3. The van der Waals surface area contributed by atoms with Crippen LogP contribution in [0.2, 0.25) is 0 Å². The van der Waals surface area contributed by atoms with Crippen LogP contribution in [0, 0.1) is 18.8 Å². The first kappa shape index (κ1) is 21.7. The Morgan fingerprint density at radius 2 is 2.06 bits per heavy atom. The van der Waals surface area contributed by atoms with E-state index in [9.17, 15) is 14.4 Å².